The summed E-state index contributed by atoms with van der Waals surface area (Å²) >= 11 is 0. The highest BCUT2D eigenvalue weighted by Gasteiger charge is 2.28. The van der Waals surface area contributed by atoms with Crippen LogP contribution in [0.2, 0.25) is 0 Å². The molecule has 0 spiro atoms. The molecule has 5 nitrogen and oxygen atoms in total. The molecule has 2 heterocycles. The van der Waals surface area contributed by atoms with Gasteiger partial charge in [-0.05, 0) is 12.3 Å². The average molecular weight is 248 g/mol. The van der Waals surface area contributed by atoms with Crippen LogP contribution in [0.5, 0.6) is 0 Å². The van der Waals surface area contributed by atoms with E-state index >= 15 is 0 Å². The van der Waals surface area contributed by atoms with Gasteiger partial charge in [-0.2, -0.15) is 0 Å². The van der Waals surface area contributed by atoms with Gasteiger partial charge in [-0.1, -0.05) is 13.8 Å². The number of piperazine rings is 1. The van der Waals surface area contributed by atoms with Crippen molar-refractivity contribution in [2.75, 3.05) is 19.6 Å². The third kappa shape index (κ3) is 3.04. The summed E-state index contributed by atoms with van der Waals surface area (Å²) in [4.78, 5) is 22.4. The smallest absolute Gasteiger partial charge is 0.274 e. The lowest BCUT2D eigenvalue weighted by Crippen LogP contribution is -2.54. The highest BCUT2D eigenvalue weighted by molar-refractivity contribution is 5.92. The molecule has 1 aromatic rings. The van der Waals surface area contributed by atoms with Gasteiger partial charge in [0, 0.05) is 38.1 Å². The van der Waals surface area contributed by atoms with E-state index in [-0.39, 0.29) is 11.9 Å². The van der Waals surface area contributed by atoms with E-state index in [1.54, 1.807) is 12.4 Å². The molecule has 1 N–H and O–H groups in total. The molecule has 98 valence electrons. The van der Waals surface area contributed by atoms with Gasteiger partial charge in [0.2, 0.25) is 0 Å². The molecule has 1 unspecified atom stereocenters. The van der Waals surface area contributed by atoms with E-state index in [0.29, 0.717) is 11.6 Å². The Morgan fingerprint density at radius 3 is 3.06 bits per heavy atom. The van der Waals surface area contributed by atoms with Crippen LogP contribution in [0.25, 0.3) is 0 Å². The number of rotatable bonds is 3. The number of aromatic nitrogens is 2. The average Bonchev–Trinajstić information content (AvgIpc) is 2.39. The number of carbonyl (C=O) groups is 1. The van der Waals surface area contributed by atoms with Crippen molar-refractivity contribution in [1.29, 1.82) is 0 Å². The van der Waals surface area contributed by atoms with Gasteiger partial charge in [0.15, 0.2) is 0 Å². The molecule has 0 bridgehead atoms. The summed E-state index contributed by atoms with van der Waals surface area (Å²) < 4.78 is 0. The first-order valence-electron chi connectivity index (χ1n) is 6.46. The minimum Gasteiger partial charge on any atom is -0.332 e. The molecule has 1 aliphatic rings. The lowest BCUT2D eigenvalue weighted by Gasteiger charge is -2.37. The van der Waals surface area contributed by atoms with Crippen LogP contribution in [0, 0.1) is 5.92 Å². The van der Waals surface area contributed by atoms with Crippen molar-refractivity contribution in [3.8, 4) is 0 Å². The van der Waals surface area contributed by atoms with Crippen LogP contribution < -0.4 is 5.32 Å². The van der Waals surface area contributed by atoms with Gasteiger partial charge in [0.05, 0.1) is 6.20 Å². The third-order valence-electron chi connectivity index (χ3n) is 3.14. The molecule has 5 heteroatoms. The van der Waals surface area contributed by atoms with E-state index in [4.69, 9.17) is 0 Å². The zero-order valence-corrected chi connectivity index (χ0v) is 11.0. The number of hydrogen-bond donors (Lipinski definition) is 1. The molecule has 0 aromatic carbocycles. The van der Waals surface area contributed by atoms with E-state index in [0.717, 1.165) is 26.1 Å². The normalized spacial score (nSPS) is 20.2. The van der Waals surface area contributed by atoms with Crippen LogP contribution >= 0.6 is 0 Å². The Hall–Kier alpha value is -1.49. The zero-order valence-electron chi connectivity index (χ0n) is 11.0. The Labute approximate surface area is 108 Å². The standard InChI is InChI=1S/C13H20N4O/c1-10(2)7-11-8-15-5-6-17(11)13(18)12-9-14-3-4-16-12/h3-4,9-11,15H,5-8H2,1-2H3. The van der Waals surface area contributed by atoms with Crippen molar-refractivity contribution >= 4 is 5.91 Å². The Bertz CT molecular complexity index is 393. The van der Waals surface area contributed by atoms with Crippen molar-refractivity contribution < 1.29 is 4.79 Å². The van der Waals surface area contributed by atoms with Crippen molar-refractivity contribution in [2.45, 2.75) is 26.3 Å². The number of nitrogens with zero attached hydrogens (tertiary/aromatic N) is 3. The van der Waals surface area contributed by atoms with E-state index in [9.17, 15) is 4.79 Å². The second kappa shape index (κ2) is 5.91. The Morgan fingerprint density at radius 2 is 2.39 bits per heavy atom. The molecule has 1 aliphatic heterocycles. The highest BCUT2D eigenvalue weighted by Crippen LogP contribution is 2.15. The molecule has 1 saturated heterocycles. The molecular formula is C13H20N4O. The predicted molar refractivity (Wildman–Crippen MR) is 69.2 cm³/mol. The summed E-state index contributed by atoms with van der Waals surface area (Å²) in [6.07, 6.45) is 5.70. The molecule has 2 rings (SSSR count). The largest absolute Gasteiger partial charge is 0.332 e. The molecule has 0 aliphatic carbocycles. The summed E-state index contributed by atoms with van der Waals surface area (Å²) in [5, 5.41) is 3.35. The molecule has 1 aromatic heterocycles. The second-order valence-electron chi connectivity index (χ2n) is 5.08. The molecule has 0 saturated carbocycles. The first-order valence-corrected chi connectivity index (χ1v) is 6.46. The predicted octanol–water partition coefficient (Wildman–Crippen LogP) is 0.937. The highest BCUT2D eigenvalue weighted by atomic mass is 16.2. The van der Waals surface area contributed by atoms with Gasteiger partial charge in [-0.25, -0.2) is 4.98 Å². The summed E-state index contributed by atoms with van der Waals surface area (Å²) in [5.74, 6) is 0.572. The maximum Gasteiger partial charge on any atom is 0.274 e. The van der Waals surface area contributed by atoms with E-state index in [1.165, 1.54) is 6.20 Å². The quantitative estimate of drug-likeness (QED) is 0.865. The van der Waals surface area contributed by atoms with E-state index in [1.807, 2.05) is 4.90 Å². The minimum atomic E-state index is -0.00440. The first-order chi connectivity index (χ1) is 8.68. The van der Waals surface area contributed by atoms with Crippen LogP contribution in [0.15, 0.2) is 18.6 Å². The molecule has 1 atom stereocenters. The van der Waals surface area contributed by atoms with Crippen LogP contribution in [-0.4, -0.2) is 46.5 Å². The number of hydrogen-bond acceptors (Lipinski definition) is 4. The summed E-state index contributed by atoms with van der Waals surface area (Å²) in [5.41, 5.74) is 0.438. The van der Waals surface area contributed by atoms with Crippen LogP contribution in [0.3, 0.4) is 0 Å². The molecule has 18 heavy (non-hydrogen) atoms. The van der Waals surface area contributed by atoms with Gasteiger partial charge in [0.25, 0.3) is 5.91 Å². The minimum absolute atomic E-state index is 0.00440. The SMILES string of the molecule is CC(C)CC1CNCCN1C(=O)c1cnccn1. The topological polar surface area (TPSA) is 58.1 Å². The maximum absolute atomic E-state index is 12.4. The van der Waals surface area contributed by atoms with E-state index in [2.05, 4.69) is 29.1 Å². The third-order valence-corrected chi connectivity index (χ3v) is 3.14. The van der Waals surface area contributed by atoms with Gasteiger partial charge >= 0.3 is 0 Å². The van der Waals surface area contributed by atoms with Gasteiger partial charge in [0.1, 0.15) is 5.69 Å². The fraction of sp³-hybridized carbons (Fsp3) is 0.615. The number of nitrogens with one attached hydrogen (secondary N) is 1. The monoisotopic (exact) mass is 248 g/mol. The van der Waals surface area contributed by atoms with Crippen molar-refractivity contribution in [3.63, 3.8) is 0 Å². The van der Waals surface area contributed by atoms with Crippen molar-refractivity contribution in [1.82, 2.24) is 20.2 Å². The Balaban J connectivity index is 2.11. The van der Waals surface area contributed by atoms with E-state index < -0.39 is 0 Å². The van der Waals surface area contributed by atoms with Crippen molar-refractivity contribution in [2.24, 2.45) is 5.92 Å². The first kappa shape index (κ1) is 13.0. The van der Waals surface area contributed by atoms with Crippen LogP contribution in [0.1, 0.15) is 30.8 Å². The summed E-state index contributed by atoms with van der Waals surface area (Å²) in [6, 6.07) is 0.258. The Morgan fingerprint density at radius 1 is 1.56 bits per heavy atom. The zero-order chi connectivity index (χ0) is 13.0. The van der Waals surface area contributed by atoms with Crippen LogP contribution in [0.4, 0.5) is 0 Å². The fourth-order valence-corrected chi connectivity index (χ4v) is 2.34. The molecule has 0 radical (unpaired) electrons. The van der Waals surface area contributed by atoms with Gasteiger partial charge in [-0.3, -0.25) is 9.78 Å². The maximum atomic E-state index is 12.4. The summed E-state index contributed by atoms with van der Waals surface area (Å²) in [7, 11) is 0. The lowest BCUT2D eigenvalue weighted by atomic mass is 10.0. The molecule has 1 fully saturated rings. The second-order valence-corrected chi connectivity index (χ2v) is 5.08. The Kier molecular flexibility index (Phi) is 4.25. The van der Waals surface area contributed by atoms with Crippen LogP contribution in [-0.2, 0) is 0 Å². The molecular weight excluding hydrogens is 228 g/mol. The van der Waals surface area contributed by atoms with Gasteiger partial charge in [-0.15, -0.1) is 0 Å². The number of amides is 1. The fourth-order valence-electron chi connectivity index (χ4n) is 2.34. The summed E-state index contributed by atoms with van der Waals surface area (Å²) in [6.45, 7) is 6.82. The molecule has 1 amide bonds. The van der Waals surface area contributed by atoms with Crippen molar-refractivity contribution in [3.05, 3.63) is 24.3 Å². The lowest BCUT2D eigenvalue weighted by molar-refractivity contribution is 0.0603. The van der Waals surface area contributed by atoms with Gasteiger partial charge < -0.3 is 10.2 Å². The number of carbonyl (C=O) groups excluding carboxylic acids is 1.